The lowest BCUT2D eigenvalue weighted by Crippen LogP contribution is -1.88. The second-order valence-electron chi connectivity index (χ2n) is 3.64. The van der Waals surface area contributed by atoms with Gasteiger partial charge < -0.3 is 0 Å². The number of fused-ring (bicyclic) bond motifs is 1. The molecule has 0 spiro atoms. The average molecular weight is 277 g/mol. The molecule has 0 fully saturated rings. The third kappa shape index (κ3) is 1.83. The molecular formula is C14H10BrF. The summed E-state index contributed by atoms with van der Waals surface area (Å²) in [5.41, 5.74) is 1.60. The van der Waals surface area contributed by atoms with Crippen LogP contribution < -0.4 is 0 Å². The van der Waals surface area contributed by atoms with Crippen LogP contribution in [0, 0.1) is 24.6 Å². The largest absolute Gasteiger partial charge is 0.206 e. The number of halogens is 2. The van der Waals surface area contributed by atoms with E-state index in [1.54, 1.807) is 13.0 Å². The molecule has 0 heterocycles. The lowest BCUT2D eigenvalue weighted by molar-refractivity contribution is 0.626. The molecule has 0 aliphatic heterocycles. The highest BCUT2D eigenvalue weighted by molar-refractivity contribution is 9.10. The van der Waals surface area contributed by atoms with Crippen molar-refractivity contribution in [1.82, 2.24) is 0 Å². The maximum atomic E-state index is 13.7. The molecule has 2 heteroatoms. The van der Waals surface area contributed by atoms with Crippen molar-refractivity contribution in [2.75, 3.05) is 0 Å². The quantitative estimate of drug-likeness (QED) is 0.625. The van der Waals surface area contributed by atoms with E-state index in [9.17, 15) is 4.39 Å². The van der Waals surface area contributed by atoms with Crippen LogP contribution in [0.5, 0.6) is 0 Å². The summed E-state index contributed by atoms with van der Waals surface area (Å²) in [6, 6.07) is 7.25. The minimum absolute atomic E-state index is 0.272. The van der Waals surface area contributed by atoms with Crippen molar-refractivity contribution in [2.24, 2.45) is 0 Å². The van der Waals surface area contributed by atoms with Gasteiger partial charge in [-0.15, -0.1) is 5.92 Å². The third-order valence-electron chi connectivity index (χ3n) is 2.41. The Kier molecular flexibility index (Phi) is 2.98. The van der Waals surface area contributed by atoms with E-state index in [1.807, 2.05) is 19.1 Å². The van der Waals surface area contributed by atoms with Crippen molar-refractivity contribution in [1.29, 1.82) is 0 Å². The van der Waals surface area contributed by atoms with E-state index in [0.29, 0.717) is 5.56 Å². The summed E-state index contributed by atoms with van der Waals surface area (Å²) in [6.07, 6.45) is 0. The Balaban J connectivity index is 2.95. The topological polar surface area (TPSA) is 0 Å². The van der Waals surface area contributed by atoms with E-state index in [4.69, 9.17) is 0 Å². The van der Waals surface area contributed by atoms with E-state index in [0.717, 1.165) is 20.8 Å². The van der Waals surface area contributed by atoms with Gasteiger partial charge in [-0.2, -0.15) is 0 Å². The summed E-state index contributed by atoms with van der Waals surface area (Å²) < 4.78 is 14.6. The number of rotatable bonds is 0. The van der Waals surface area contributed by atoms with E-state index in [2.05, 4.69) is 27.8 Å². The zero-order chi connectivity index (χ0) is 11.7. The third-order valence-corrected chi connectivity index (χ3v) is 3.04. The highest BCUT2D eigenvalue weighted by atomic mass is 79.9. The van der Waals surface area contributed by atoms with Crippen LogP contribution in [0.25, 0.3) is 10.8 Å². The van der Waals surface area contributed by atoms with Gasteiger partial charge in [-0.3, -0.25) is 0 Å². The predicted octanol–water partition coefficient (Wildman–Crippen LogP) is 4.42. The van der Waals surface area contributed by atoms with Crippen LogP contribution in [0.3, 0.4) is 0 Å². The van der Waals surface area contributed by atoms with Crippen molar-refractivity contribution in [3.05, 3.63) is 45.7 Å². The van der Waals surface area contributed by atoms with Gasteiger partial charge in [0.05, 0.1) is 5.56 Å². The van der Waals surface area contributed by atoms with Crippen LogP contribution in [-0.2, 0) is 0 Å². The smallest absolute Gasteiger partial charge is 0.139 e. The number of benzene rings is 2. The van der Waals surface area contributed by atoms with Gasteiger partial charge in [0.25, 0.3) is 0 Å². The van der Waals surface area contributed by atoms with Gasteiger partial charge in [0.2, 0.25) is 0 Å². The first-order valence-electron chi connectivity index (χ1n) is 4.94. The molecule has 0 aliphatic rings. The normalized spacial score (nSPS) is 10.0. The van der Waals surface area contributed by atoms with Crippen LogP contribution in [0.2, 0.25) is 0 Å². The van der Waals surface area contributed by atoms with E-state index in [1.165, 1.54) is 6.07 Å². The lowest BCUT2D eigenvalue weighted by Gasteiger charge is -2.06. The first kappa shape index (κ1) is 11.2. The maximum Gasteiger partial charge on any atom is 0.139 e. The Hall–Kier alpha value is -1.33. The average Bonchev–Trinajstić information content (AvgIpc) is 2.22. The van der Waals surface area contributed by atoms with Gasteiger partial charge in [-0.05, 0) is 36.9 Å². The monoisotopic (exact) mass is 276 g/mol. The van der Waals surface area contributed by atoms with Crippen molar-refractivity contribution >= 4 is 26.7 Å². The van der Waals surface area contributed by atoms with Crippen LogP contribution in [0.1, 0.15) is 18.1 Å². The molecule has 0 aromatic heterocycles. The fourth-order valence-corrected chi connectivity index (χ4v) is 2.57. The highest BCUT2D eigenvalue weighted by Gasteiger charge is 2.09. The highest BCUT2D eigenvalue weighted by Crippen LogP contribution is 2.30. The summed E-state index contributed by atoms with van der Waals surface area (Å²) in [5, 5.41) is 1.85. The Morgan fingerprint density at radius 3 is 2.69 bits per heavy atom. The molecule has 2 rings (SSSR count). The molecule has 0 nitrogen and oxygen atoms in total. The van der Waals surface area contributed by atoms with Gasteiger partial charge in [0.15, 0.2) is 0 Å². The maximum absolute atomic E-state index is 13.7. The Morgan fingerprint density at radius 2 is 2.00 bits per heavy atom. The molecule has 16 heavy (non-hydrogen) atoms. The van der Waals surface area contributed by atoms with Crippen LogP contribution in [-0.4, -0.2) is 0 Å². The summed E-state index contributed by atoms with van der Waals surface area (Å²) in [5.74, 6) is 5.30. The van der Waals surface area contributed by atoms with Crippen LogP contribution >= 0.6 is 15.9 Å². The molecule has 0 atom stereocenters. The van der Waals surface area contributed by atoms with Gasteiger partial charge in [0, 0.05) is 9.86 Å². The van der Waals surface area contributed by atoms with Gasteiger partial charge in [-0.1, -0.05) is 34.0 Å². The summed E-state index contributed by atoms with van der Waals surface area (Å²) in [6.45, 7) is 3.72. The van der Waals surface area contributed by atoms with Crippen molar-refractivity contribution in [3.63, 3.8) is 0 Å². The first-order valence-corrected chi connectivity index (χ1v) is 5.74. The van der Waals surface area contributed by atoms with Crippen molar-refractivity contribution in [3.8, 4) is 11.8 Å². The molecular weight excluding hydrogens is 267 g/mol. The van der Waals surface area contributed by atoms with E-state index < -0.39 is 0 Å². The van der Waals surface area contributed by atoms with Gasteiger partial charge in [-0.25, -0.2) is 4.39 Å². The SMILES string of the molecule is CC#Cc1c(F)ccc2cc(C)cc(Br)c12. The van der Waals surface area contributed by atoms with Crippen molar-refractivity contribution in [2.45, 2.75) is 13.8 Å². The Labute approximate surface area is 103 Å². The molecule has 0 radical (unpaired) electrons. The molecule has 0 bridgehead atoms. The first-order chi connectivity index (χ1) is 7.63. The summed E-state index contributed by atoms with van der Waals surface area (Å²) >= 11 is 3.47. The van der Waals surface area contributed by atoms with E-state index in [-0.39, 0.29) is 5.82 Å². The zero-order valence-electron chi connectivity index (χ0n) is 9.07. The second-order valence-corrected chi connectivity index (χ2v) is 4.50. The number of hydrogen-bond acceptors (Lipinski definition) is 0. The Morgan fingerprint density at radius 1 is 1.25 bits per heavy atom. The molecule has 0 amide bonds. The van der Waals surface area contributed by atoms with Crippen molar-refractivity contribution < 1.29 is 4.39 Å². The fraction of sp³-hybridized carbons (Fsp3) is 0.143. The number of aryl methyl sites for hydroxylation is 1. The molecule has 2 aromatic rings. The summed E-state index contributed by atoms with van der Waals surface area (Å²) in [7, 11) is 0. The van der Waals surface area contributed by atoms with Crippen LogP contribution in [0.4, 0.5) is 4.39 Å². The molecule has 80 valence electrons. The molecule has 0 unspecified atom stereocenters. The molecule has 0 N–H and O–H groups in total. The lowest BCUT2D eigenvalue weighted by atomic mass is 10.0. The molecule has 0 saturated carbocycles. The Bertz CT molecular complexity index is 618. The summed E-state index contributed by atoms with van der Waals surface area (Å²) in [4.78, 5) is 0. The minimum Gasteiger partial charge on any atom is -0.206 e. The predicted molar refractivity (Wildman–Crippen MR) is 68.9 cm³/mol. The second kappa shape index (κ2) is 4.27. The van der Waals surface area contributed by atoms with Gasteiger partial charge in [0.1, 0.15) is 5.82 Å². The molecule has 0 saturated heterocycles. The van der Waals surface area contributed by atoms with Crippen LogP contribution in [0.15, 0.2) is 28.7 Å². The molecule has 0 aliphatic carbocycles. The number of hydrogen-bond donors (Lipinski definition) is 0. The minimum atomic E-state index is -0.272. The van der Waals surface area contributed by atoms with Gasteiger partial charge >= 0.3 is 0 Å². The fourth-order valence-electron chi connectivity index (χ4n) is 1.78. The standard InChI is InChI=1S/C14H10BrF/c1-3-4-11-13(16)6-5-10-7-9(2)8-12(15)14(10)11/h5-8H,1-2H3. The molecule has 2 aromatic carbocycles. The zero-order valence-corrected chi connectivity index (χ0v) is 10.7. The van der Waals surface area contributed by atoms with E-state index >= 15 is 0 Å².